The fraction of sp³-hybridized carbons (Fsp3) is 0. The SMILES string of the molecule is c1ccc2c(c1)ccc1cc(-c3ccc(N(c4ccc(-c5cccc6oc7ccccc7c56)cc4)c4cccc5c4oc4c6ccccc6ccc54)cc3)ccc12. The van der Waals surface area contributed by atoms with Gasteiger partial charge < -0.3 is 13.7 Å². The Morgan fingerprint density at radius 3 is 1.70 bits per heavy atom. The van der Waals surface area contributed by atoms with Crippen LogP contribution >= 0.6 is 0 Å². The lowest BCUT2D eigenvalue weighted by Crippen LogP contribution is -2.10. The first-order valence-corrected chi connectivity index (χ1v) is 19.4. The smallest absolute Gasteiger partial charge is 0.159 e. The van der Waals surface area contributed by atoms with Crippen LogP contribution in [0.4, 0.5) is 17.1 Å². The van der Waals surface area contributed by atoms with Gasteiger partial charge in [-0.15, -0.1) is 0 Å². The number of rotatable bonds is 5. The lowest BCUT2D eigenvalue weighted by atomic mass is 9.97. The second kappa shape index (κ2) is 12.5. The summed E-state index contributed by atoms with van der Waals surface area (Å²) in [6.45, 7) is 0. The van der Waals surface area contributed by atoms with E-state index in [0.29, 0.717) is 0 Å². The summed E-state index contributed by atoms with van der Waals surface area (Å²) < 4.78 is 13.2. The molecule has 0 unspecified atom stereocenters. The van der Waals surface area contributed by atoms with Gasteiger partial charge in [0.15, 0.2) is 5.58 Å². The number of para-hydroxylation sites is 2. The van der Waals surface area contributed by atoms with E-state index in [1.54, 1.807) is 0 Å². The molecule has 0 amide bonds. The van der Waals surface area contributed by atoms with Gasteiger partial charge in [-0.2, -0.15) is 0 Å². The maximum absolute atomic E-state index is 6.91. The summed E-state index contributed by atoms with van der Waals surface area (Å²) in [5.41, 5.74) is 11.2. The zero-order chi connectivity index (χ0) is 37.5. The second-order valence-corrected chi connectivity index (χ2v) is 14.8. The van der Waals surface area contributed by atoms with Crippen LogP contribution in [0.15, 0.2) is 209 Å². The molecule has 0 bridgehead atoms. The summed E-state index contributed by atoms with van der Waals surface area (Å²) in [4.78, 5) is 2.32. The van der Waals surface area contributed by atoms with E-state index in [1.807, 2.05) is 12.1 Å². The van der Waals surface area contributed by atoms with Crippen molar-refractivity contribution in [2.24, 2.45) is 0 Å². The highest BCUT2D eigenvalue weighted by Gasteiger charge is 2.21. The maximum atomic E-state index is 6.91. The summed E-state index contributed by atoms with van der Waals surface area (Å²) in [7, 11) is 0. The second-order valence-electron chi connectivity index (χ2n) is 14.8. The predicted molar refractivity (Wildman–Crippen MR) is 239 cm³/mol. The van der Waals surface area contributed by atoms with Gasteiger partial charge in [0.1, 0.15) is 16.7 Å². The molecule has 57 heavy (non-hydrogen) atoms. The van der Waals surface area contributed by atoms with Crippen LogP contribution in [0.5, 0.6) is 0 Å². The van der Waals surface area contributed by atoms with Gasteiger partial charge in [-0.25, -0.2) is 0 Å². The molecule has 0 atom stereocenters. The molecule has 0 saturated carbocycles. The van der Waals surface area contributed by atoms with E-state index >= 15 is 0 Å². The highest BCUT2D eigenvalue weighted by Crippen LogP contribution is 2.45. The van der Waals surface area contributed by atoms with Crippen molar-refractivity contribution in [1.82, 2.24) is 0 Å². The number of hydrogen-bond acceptors (Lipinski definition) is 3. The minimum Gasteiger partial charge on any atom is -0.456 e. The molecule has 0 aliphatic carbocycles. The number of anilines is 3. The largest absolute Gasteiger partial charge is 0.456 e. The van der Waals surface area contributed by atoms with E-state index in [-0.39, 0.29) is 0 Å². The monoisotopic (exact) mass is 727 g/mol. The van der Waals surface area contributed by atoms with Crippen molar-refractivity contribution in [3.63, 3.8) is 0 Å². The molecule has 0 radical (unpaired) electrons. The Labute approximate surface area is 328 Å². The number of furan rings is 2. The Morgan fingerprint density at radius 1 is 0.316 bits per heavy atom. The molecule has 12 aromatic rings. The van der Waals surface area contributed by atoms with Gasteiger partial charge in [0.2, 0.25) is 0 Å². The van der Waals surface area contributed by atoms with Crippen LogP contribution < -0.4 is 4.90 Å². The third-order valence-corrected chi connectivity index (χ3v) is 11.7. The van der Waals surface area contributed by atoms with E-state index in [9.17, 15) is 0 Å². The third-order valence-electron chi connectivity index (χ3n) is 11.7. The number of nitrogens with zero attached hydrogens (tertiary/aromatic N) is 1. The Balaban J connectivity index is 1.01. The third kappa shape index (κ3) is 4.99. The van der Waals surface area contributed by atoms with Gasteiger partial charge in [0.05, 0.1) is 5.69 Å². The van der Waals surface area contributed by atoms with Gasteiger partial charge in [-0.05, 0) is 104 Å². The average Bonchev–Trinajstić information content (AvgIpc) is 3.86. The van der Waals surface area contributed by atoms with Crippen LogP contribution in [0.1, 0.15) is 0 Å². The Bertz CT molecular complexity index is 3520. The first-order valence-electron chi connectivity index (χ1n) is 19.4. The molecule has 0 saturated heterocycles. The summed E-state index contributed by atoms with van der Waals surface area (Å²) in [6.07, 6.45) is 0. The standard InChI is InChI=1S/C54H33NO2/c1-3-11-42-35(9-1)19-20-39-33-38(26-31-43(39)42)34-21-27-40(28-22-34)55(49-16-7-15-46-47-32-25-36-10-2-4-12-45(36)53(47)57-54(46)49)41-29-23-37(24-30-41)44-14-8-18-51-52(44)48-13-5-6-17-50(48)56-51/h1-33H. The molecule has 0 spiro atoms. The first kappa shape index (κ1) is 31.7. The highest BCUT2D eigenvalue weighted by molar-refractivity contribution is 6.18. The molecule has 266 valence electrons. The van der Waals surface area contributed by atoms with Crippen LogP contribution in [0.3, 0.4) is 0 Å². The van der Waals surface area contributed by atoms with Crippen LogP contribution in [0.2, 0.25) is 0 Å². The highest BCUT2D eigenvalue weighted by atomic mass is 16.3. The van der Waals surface area contributed by atoms with E-state index in [1.165, 1.54) is 27.1 Å². The van der Waals surface area contributed by atoms with Crippen molar-refractivity contribution in [2.45, 2.75) is 0 Å². The van der Waals surface area contributed by atoms with Crippen molar-refractivity contribution in [2.75, 3.05) is 4.90 Å². The fourth-order valence-corrected chi connectivity index (χ4v) is 8.92. The van der Waals surface area contributed by atoms with Crippen molar-refractivity contribution < 1.29 is 8.83 Å². The quantitative estimate of drug-likeness (QED) is 0.165. The molecule has 0 aliphatic rings. The van der Waals surface area contributed by atoms with Gasteiger partial charge >= 0.3 is 0 Å². The molecular weight excluding hydrogens is 695 g/mol. The van der Waals surface area contributed by atoms with E-state index in [4.69, 9.17) is 8.83 Å². The normalized spacial score (nSPS) is 11.9. The van der Waals surface area contributed by atoms with Gasteiger partial charge in [0.25, 0.3) is 0 Å². The lowest BCUT2D eigenvalue weighted by molar-refractivity contribution is 0.669. The first-order chi connectivity index (χ1) is 28.2. The molecule has 0 aliphatic heterocycles. The van der Waals surface area contributed by atoms with Gasteiger partial charge in [0, 0.05) is 38.3 Å². The molecular formula is C54H33NO2. The number of hydrogen-bond donors (Lipinski definition) is 0. The predicted octanol–water partition coefficient (Wildman–Crippen LogP) is 15.7. The molecule has 0 fully saturated rings. The van der Waals surface area contributed by atoms with Crippen molar-refractivity contribution in [1.29, 1.82) is 0 Å². The van der Waals surface area contributed by atoms with Gasteiger partial charge in [-0.3, -0.25) is 0 Å². The molecule has 3 nitrogen and oxygen atoms in total. The topological polar surface area (TPSA) is 29.5 Å². The summed E-state index contributed by atoms with van der Waals surface area (Å²) in [5, 5.41) is 11.8. The van der Waals surface area contributed by atoms with Crippen LogP contribution in [0, 0.1) is 0 Å². The maximum Gasteiger partial charge on any atom is 0.159 e. The Morgan fingerprint density at radius 2 is 0.877 bits per heavy atom. The van der Waals surface area contributed by atoms with Crippen molar-refractivity contribution >= 4 is 93.3 Å². The summed E-state index contributed by atoms with van der Waals surface area (Å²) >= 11 is 0. The van der Waals surface area contributed by atoms with E-state index in [0.717, 1.165) is 88.4 Å². The van der Waals surface area contributed by atoms with Crippen LogP contribution in [-0.4, -0.2) is 0 Å². The van der Waals surface area contributed by atoms with Crippen LogP contribution in [0.25, 0.3) is 98.4 Å². The Hall–Kier alpha value is -7.62. The fourth-order valence-electron chi connectivity index (χ4n) is 8.92. The molecule has 12 rings (SSSR count). The zero-order valence-corrected chi connectivity index (χ0v) is 30.8. The minimum absolute atomic E-state index is 0.855. The average molecular weight is 728 g/mol. The molecule has 0 N–H and O–H groups in total. The molecule has 2 aromatic heterocycles. The molecule has 3 heteroatoms. The summed E-state index contributed by atoms with van der Waals surface area (Å²) in [5.74, 6) is 0. The number of benzene rings is 10. The van der Waals surface area contributed by atoms with Crippen molar-refractivity contribution in [3.05, 3.63) is 200 Å². The number of fused-ring (bicyclic) bond motifs is 11. The zero-order valence-electron chi connectivity index (χ0n) is 30.8. The van der Waals surface area contributed by atoms with E-state index < -0.39 is 0 Å². The summed E-state index contributed by atoms with van der Waals surface area (Å²) in [6, 6.07) is 71.5. The van der Waals surface area contributed by atoms with Crippen LogP contribution in [-0.2, 0) is 0 Å². The minimum atomic E-state index is 0.855. The molecule has 2 heterocycles. The van der Waals surface area contributed by atoms with E-state index in [2.05, 4.69) is 193 Å². The molecule has 10 aromatic carbocycles. The Kier molecular flexibility index (Phi) is 6.93. The van der Waals surface area contributed by atoms with Gasteiger partial charge in [-0.1, -0.05) is 146 Å². The van der Waals surface area contributed by atoms with Crippen molar-refractivity contribution in [3.8, 4) is 22.3 Å². The lowest BCUT2D eigenvalue weighted by Gasteiger charge is -2.26.